The number of alkyl carbamates (subject to hydrolysis) is 1. The number of fused-ring (bicyclic) bond motifs is 2. The first-order valence-corrected chi connectivity index (χ1v) is 15.4. The molecule has 0 spiro atoms. The van der Waals surface area contributed by atoms with Gasteiger partial charge in [-0.05, 0) is 49.8 Å². The molecule has 3 amide bonds. The van der Waals surface area contributed by atoms with E-state index in [0.717, 1.165) is 54.4 Å². The molecule has 2 aromatic rings. The number of likely N-dealkylation sites (tertiary alicyclic amines) is 1. The lowest BCUT2D eigenvalue weighted by molar-refractivity contribution is -0.133. The van der Waals surface area contributed by atoms with E-state index in [4.69, 9.17) is 4.74 Å². The van der Waals surface area contributed by atoms with Gasteiger partial charge in [-0.3, -0.25) is 9.59 Å². The molecular weight excluding hydrogens is 546 g/mol. The highest BCUT2D eigenvalue weighted by Crippen LogP contribution is 2.28. The second kappa shape index (κ2) is 16.7. The summed E-state index contributed by atoms with van der Waals surface area (Å²) in [6.07, 6.45) is 4.96. The Morgan fingerprint density at radius 1 is 0.860 bits per heavy atom. The largest absolute Gasteiger partial charge is 0.441 e. The van der Waals surface area contributed by atoms with Gasteiger partial charge in [0.15, 0.2) is 0 Å². The van der Waals surface area contributed by atoms with Crippen molar-refractivity contribution in [2.24, 2.45) is 0 Å². The van der Waals surface area contributed by atoms with Crippen molar-refractivity contribution >= 4 is 17.9 Å². The van der Waals surface area contributed by atoms with Crippen LogP contribution in [0.1, 0.15) is 86.1 Å². The number of aliphatic hydroxyl groups excluding tert-OH is 2. The molecule has 1 aliphatic heterocycles. The lowest BCUT2D eigenvalue weighted by Gasteiger charge is -2.22. The van der Waals surface area contributed by atoms with Crippen LogP contribution in [0.5, 0.6) is 0 Å². The minimum atomic E-state index is -0.557. The van der Waals surface area contributed by atoms with Crippen LogP contribution in [0.25, 0.3) is 0 Å². The van der Waals surface area contributed by atoms with Crippen LogP contribution in [0, 0.1) is 11.8 Å². The first-order chi connectivity index (χ1) is 20.9. The van der Waals surface area contributed by atoms with E-state index < -0.39 is 18.3 Å². The van der Waals surface area contributed by atoms with Crippen LogP contribution in [0.3, 0.4) is 0 Å². The number of carbonyl (C=O) groups is 3. The summed E-state index contributed by atoms with van der Waals surface area (Å²) < 4.78 is 5.86. The van der Waals surface area contributed by atoms with E-state index >= 15 is 0 Å². The fourth-order valence-electron chi connectivity index (χ4n) is 5.62. The third-order valence-corrected chi connectivity index (χ3v) is 7.97. The number of β-amino-alcohol motifs (C(OH)–C–C–N with tert-alkyl or cyclic N) is 1. The number of amides is 3. The Balaban J connectivity index is 1.05. The van der Waals surface area contributed by atoms with Gasteiger partial charge in [-0.15, -0.1) is 0 Å². The fourth-order valence-corrected chi connectivity index (χ4v) is 5.62. The van der Waals surface area contributed by atoms with Crippen molar-refractivity contribution in [1.82, 2.24) is 15.5 Å². The lowest BCUT2D eigenvalue weighted by Crippen LogP contribution is -2.37. The summed E-state index contributed by atoms with van der Waals surface area (Å²) in [4.78, 5) is 38.7. The lowest BCUT2D eigenvalue weighted by atomic mass is 9.92. The molecule has 3 atom stereocenters. The van der Waals surface area contributed by atoms with Gasteiger partial charge in [0.1, 0.15) is 6.10 Å². The monoisotopic (exact) mass is 589 g/mol. The number of unbranched alkanes of at least 4 members (excludes halogenated alkanes) is 4. The molecule has 0 radical (unpaired) electrons. The number of aliphatic hydroxyl groups is 2. The summed E-state index contributed by atoms with van der Waals surface area (Å²) in [7, 11) is 0. The number of nitrogens with one attached hydrogen (secondary N) is 2. The first-order valence-electron chi connectivity index (χ1n) is 15.4. The first kappa shape index (κ1) is 32.1. The number of hydrogen-bond donors (Lipinski definition) is 4. The van der Waals surface area contributed by atoms with Gasteiger partial charge in [0.25, 0.3) is 0 Å². The number of benzene rings is 2. The van der Waals surface area contributed by atoms with Crippen LogP contribution in [0.15, 0.2) is 48.5 Å². The SMILES string of the molecule is O=C(CCCCCNC(=O)OC1Cc2ccccc2C#Cc2ccccc21)NCCCCCC(=O)N1C[C@H](O)C[C@H]1CO. The molecule has 0 saturated carbocycles. The highest BCUT2D eigenvalue weighted by molar-refractivity contribution is 5.77. The smallest absolute Gasteiger partial charge is 0.407 e. The van der Waals surface area contributed by atoms with Gasteiger partial charge in [0.05, 0.1) is 18.8 Å². The van der Waals surface area contributed by atoms with Crippen LogP contribution in [0.2, 0.25) is 0 Å². The minimum Gasteiger partial charge on any atom is -0.441 e. The summed E-state index contributed by atoms with van der Waals surface area (Å²) in [5.41, 5.74) is 3.75. The van der Waals surface area contributed by atoms with Gasteiger partial charge >= 0.3 is 6.09 Å². The highest BCUT2D eigenvalue weighted by atomic mass is 16.6. The van der Waals surface area contributed by atoms with Crippen molar-refractivity contribution in [2.75, 3.05) is 26.2 Å². The molecular formula is C34H43N3O6. The normalized spacial score (nSPS) is 18.7. The van der Waals surface area contributed by atoms with E-state index in [2.05, 4.69) is 22.5 Å². The zero-order chi connectivity index (χ0) is 30.4. The quantitative estimate of drug-likeness (QED) is 0.197. The van der Waals surface area contributed by atoms with Crippen LogP contribution in [0.4, 0.5) is 4.79 Å². The Morgan fingerprint density at radius 2 is 1.53 bits per heavy atom. The summed E-state index contributed by atoms with van der Waals surface area (Å²) in [6, 6.07) is 15.4. The average Bonchev–Trinajstić information content (AvgIpc) is 3.39. The molecule has 4 rings (SSSR count). The highest BCUT2D eigenvalue weighted by Gasteiger charge is 2.33. The van der Waals surface area contributed by atoms with Gasteiger partial charge in [-0.1, -0.05) is 61.1 Å². The topological polar surface area (TPSA) is 128 Å². The molecule has 9 heteroatoms. The number of carbonyl (C=O) groups excluding carboxylic acids is 3. The van der Waals surface area contributed by atoms with Gasteiger partial charge < -0.3 is 30.5 Å². The maximum absolute atomic E-state index is 12.6. The summed E-state index contributed by atoms with van der Waals surface area (Å²) in [6.45, 7) is 1.21. The third-order valence-electron chi connectivity index (χ3n) is 7.97. The van der Waals surface area contributed by atoms with Crippen molar-refractivity contribution in [3.8, 4) is 11.8 Å². The molecule has 0 bridgehead atoms. The van der Waals surface area contributed by atoms with E-state index in [1.54, 1.807) is 4.90 Å². The van der Waals surface area contributed by atoms with E-state index in [0.29, 0.717) is 51.7 Å². The Labute approximate surface area is 254 Å². The standard InChI is InChI=1S/C34H43N3O6/c38-24-28-22-29(39)23-37(28)33(41)16-4-2-9-19-35-32(40)15-3-1-10-20-36-34(42)43-31-21-27-13-6-5-11-25(27)17-18-26-12-7-8-14-30(26)31/h5-8,11-14,28-29,31,38-39H,1-4,9-10,15-16,19-24H2,(H,35,40)(H,36,42)/t28-,29+,31?/m0/s1. The Morgan fingerprint density at radius 3 is 2.33 bits per heavy atom. The second-order valence-corrected chi connectivity index (χ2v) is 11.3. The molecule has 43 heavy (non-hydrogen) atoms. The van der Waals surface area contributed by atoms with Crippen molar-refractivity contribution in [2.45, 2.75) is 82.5 Å². The number of ether oxygens (including phenoxy) is 1. The molecule has 1 saturated heterocycles. The van der Waals surface area contributed by atoms with E-state index in [1.165, 1.54) is 0 Å². The number of rotatable bonds is 14. The molecule has 1 fully saturated rings. The Kier molecular flexibility index (Phi) is 12.4. The van der Waals surface area contributed by atoms with Gasteiger partial charge in [0.2, 0.25) is 11.8 Å². The Hall–Kier alpha value is -3.87. The maximum atomic E-state index is 12.6. The molecule has 0 aromatic heterocycles. The van der Waals surface area contributed by atoms with Crippen LogP contribution in [-0.2, 0) is 20.7 Å². The zero-order valence-corrected chi connectivity index (χ0v) is 24.7. The molecule has 1 heterocycles. The summed E-state index contributed by atoms with van der Waals surface area (Å²) in [5.74, 6) is 6.42. The van der Waals surface area contributed by atoms with Crippen molar-refractivity contribution < 1.29 is 29.3 Å². The van der Waals surface area contributed by atoms with E-state index in [-0.39, 0.29) is 24.5 Å². The predicted molar refractivity (Wildman–Crippen MR) is 163 cm³/mol. The van der Waals surface area contributed by atoms with Crippen LogP contribution >= 0.6 is 0 Å². The van der Waals surface area contributed by atoms with Crippen molar-refractivity contribution in [3.63, 3.8) is 0 Å². The molecule has 4 N–H and O–H groups in total. The second-order valence-electron chi connectivity index (χ2n) is 11.3. The zero-order valence-electron chi connectivity index (χ0n) is 24.7. The number of nitrogens with zero attached hydrogens (tertiary/aromatic N) is 1. The van der Waals surface area contributed by atoms with Gasteiger partial charge in [0, 0.05) is 55.6 Å². The fraction of sp³-hybridized carbons (Fsp3) is 0.500. The molecule has 2 aromatic carbocycles. The molecule has 2 aliphatic rings. The van der Waals surface area contributed by atoms with Gasteiger partial charge in [-0.2, -0.15) is 0 Å². The van der Waals surface area contributed by atoms with E-state index in [9.17, 15) is 24.6 Å². The average molecular weight is 590 g/mol. The maximum Gasteiger partial charge on any atom is 0.407 e. The molecule has 9 nitrogen and oxygen atoms in total. The van der Waals surface area contributed by atoms with Crippen molar-refractivity contribution in [3.05, 3.63) is 70.8 Å². The third kappa shape index (κ3) is 9.84. The summed E-state index contributed by atoms with van der Waals surface area (Å²) in [5, 5.41) is 24.9. The Bertz CT molecular complexity index is 1300. The molecule has 1 aliphatic carbocycles. The number of hydrogen-bond acceptors (Lipinski definition) is 6. The molecule has 230 valence electrons. The minimum absolute atomic E-state index is 0.00613. The van der Waals surface area contributed by atoms with Crippen LogP contribution < -0.4 is 10.6 Å². The van der Waals surface area contributed by atoms with Crippen molar-refractivity contribution in [1.29, 1.82) is 0 Å². The summed E-state index contributed by atoms with van der Waals surface area (Å²) >= 11 is 0. The van der Waals surface area contributed by atoms with Gasteiger partial charge in [-0.25, -0.2) is 4.79 Å². The van der Waals surface area contributed by atoms with Crippen LogP contribution in [-0.4, -0.2) is 71.4 Å². The predicted octanol–water partition coefficient (Wildman–Crippen LogP) is 3.60. The van der Waals surface area contributed by atoms with E-state index in [1.807, 2.05) is 48.5 Å². The molecule has 1 unspecified atom stereocenters.